The standard InChI is InChI=1S/C15H23N/c1-4-16-15(9-11(2)3)14-10-12-7-5-6-8-13(12)14/h5-8,11,14-16H,4,9-10H2,1-3H3. The lowest BCUT2D eigenvalue weighted by molar-refractivity contribution is 0.347. The van der Waals surface area contributed by atoms with Crippen LogP contribution in [0.2, 0.25) is 0 Å². The number of rotatable bonds is 5. The third-order valence-electron chi connectivity index (χ3n) is 3.57. The van der Waals surface area contributed by atoms with Gasteiger partial charge in [-0.3, -0.25) is 0 Å². The van der Waals surface area contributed by atoms with Gasteiger partial charge in [-0.1, -0.05) is 45.0 Å². The summed E-state index contributed by atoms with van der Waals surface area (Å²) in [6.45, 7) is 7.91. The molecule has 1 heteroatoms. The molecule has 1 aromatic carbocycles. The van der Waals surface area contributed by atoms with E-state index in [1.807, 2.05) is 0 Å². The van der Waals surface area contributed by atoms with Crippen molar-refractivity contribution in [2.75, 3.05) is 6.54 Å². The molecule has 0 aliphatic heterocycles. The van der Waals surface area contributed by atoms with E-state index in [9.17, 15) is 0 Å². The van der Waals surface area contributed by atoms with Crippen LogP contribution in [0.15, 0.2) is 24.3 Å². The number of likely N-dealkylation sites (N-methyl/N-ethyl adjacent to an activating group) is 1. The predicted molar refractivity (Wildman–Crippen MR) is 69.8 cm³/mol. The zero-order valence-corrected chi connectivity index (χ0v) is 10.7. The summed E-state index contributed by atoms with van der Waals surface area (Å²) in [5.41, 5.74) is 3.13. The van der Waals surface area contributed by atoms with Gasteiger partial charge in [-0.25, -0.2) is 0 Å². The summed E-state index contributed by atoms with van der Waals surface area (Å²) in [7, 11) is 0. The minimum atomic E-state index is 0.667. The molecule has 2 unspecified atom stereocenters. The fourth-order valence-corrected chi connectivity index (χ4v) is 2.82. The van der Waals surface area contributed by atoms with Gasteiger partial charge in [-0.15, -0.1) is 0 Å². The molecule has 0 amide bonds. The van der Waals surface area contributed by atoms with E-state index in [0.717, 1.165) is 18.4 Å². The van der Waals surface area contributed by atoms with Crippen LogP contribution in [0.25, 0.3) is 0 Å². The lowest BCUT2D eigenvalue weighted by atomic mass is 9.71. The molecule has 88 valence electrons. The van der Waals surface area contributed by atoms with E-state index < -0.39 is 0 Å². The van der Waals surface area contributed by atoms with Crippen LogP contribution in [0.1, 0.15) is 44.2 Å². The molecule has 0 saturated heterocycles. The average molecular weight is 217 g/mol. The molecule has 2 rings (SSSR count). The smallest absolute Gasteiger partial charge is 0.0141 e. The fraction of sp³-hybridized carbons (Fsp3) is 0.600. The molecular formula is C15H23N. The highest BCUT2D eigenvalue weighted by Gasteiger charge is 2.32. The van der Waals surface area contributed by atoms with Crippen molar-refractivity contribution in [1.29, 1.82) is 0 Å². The maximum Gasteiger partial charge on any atom is 0.0141 e. The molecule has 0 fully saturated rings. The van der Waals surface area contributed by atoms with E-state index in [-0.39, 0.29) is 0 Å². The highest BCUT2D eigenvalue weighted by Crippen LogP contribution is 2.38. The van der Waals surface area contributed by atoms with Gasteiger partial charge >= 0.3 is 0 Å². The molecule has 0 saturated carbocycles. The summed E-state index contributed by atoms with van der Waals surface area (Å²) < 4.78 is 0. The van der Waals surface area contributed by atoms with Crippen LogP contribution in [-0.2, 0) is 6.42 Å². The molecule has 0 heterocycles. The third kappa shape index (κ3) is 2.30. The Morgan fingerprint density at radius 2 is 2.06 bits per heavy atom. The number of nitrogens with one attached hydrogen (secondary N) is 1. The monoisotopic (exact) mass is 217 g/mol. The van der Waals surface area contributed by atoms with Crippen LogP contribution < -0.4 is 5.32 Å². The van der Waals surface area contributed by atoms with Gasteiger partial charge in [0.25, 0.3) is 0 Å². The van der Waals surface area contributed by atoms with E-state index in [4.69, 9.17) is 0 Å². The zero-order chi connectivity index (χ0) is 11.5. The Morgan fingerprint density at radius 1 is 1.31 bits per heavy atom. The average Bonchev–Trinajstić information content (AvgIpc) is 2.19. The topological polar surface area (TPSA) is 12.0 Å². The van der Waals surface area contributed by atoms with Crippen LogP contribution in [0.3, 0.4) is 0 Å². The summed E-state index contributed by atoms with van der Waals surface area (Å²) in [5, 5.41) is 3.66. The molecule has 1 aliphatic carbocycles. The normalized spacial score (nSPS) is 20.4. The van der Waals surface area contributed by atoms with Gasteiger partial charge in [0.1, 0.15) is 0 Å². The first-order chi connectivity index (χ1) is 7.72. The van der Waals surface area contributed by atoms with Gasteiger partial charge in [0.15, 0.2) is 0 Å². The Morgan fingerprint density at radius 3 is 2.69 bits per heavy atom. The maximum atomic E-state index is 3.66. The summed E-state index contributed by atoms with van der Waals surface area (Å²) in [4.78, 5) is 0. The van der Waals surface area contributed by atoms with Crippen LogP contribution in [0.5, 0.6) is 0 Å². The van der Waals surface area contributed by atoms with Gasteiger partial charge in [0, 0.05) is 12.0 Å². The van der Waals surface area contributed by atoms with E-state index >= 15 is 0 Å². The minimum absolute atomic E-state index is 0.667. The van der Waals surface area contributed by atoms with Crippen LogP contribution in [-0.4, -0.2) is 12.6 Å². The van der Waals surface area contributed by atoms with Gasteiger partial charge < -0.3 is 5.32 Å². The first-order valence-corrected chi connectivity index (χ1v) is 6.53. The van der Waals surface area contributed by atoms with Crippen molar-refractivity contribution in [2.24, 2.45) is 5.92 Å². The van der Waals surface area contributed by atoms with Crippen LogP contribution >= 0.6 is 0 Å². The maximum absolute atomic E-state index is 3.66. The summed E-state index contributed by atoms with van der Waals surface area (Å²) in [6, 6.07) is 9.56. The first-order valence-electron chi connectivity index (χ1n) is 6.53. The molecule has 0 aromatic heterocycles. The SMILES string of the molecule is CCNC(CC(C)C)C1Cc2ccccc21. The molecule has 0 bridgehead atoms. The fourth-order valence-electron chi connectivity index (χ4n) is 2.82. The Kier molecular flexibility index (Phi) is 3.65. The third-order valence-corrected chi connectivity index (χ3v) is 3.57. The van der Waals surface area contributed by atoms with Crippen molar-refractivity contribution in [1.82, 2.24) is 5.32 Å². The number of hydrogen-bond acceptors (Lipinski definition) is 1. The molecule has 0 spiro atoms. The Labute approximate surface area is 99.3 Å². The highest BCUT2D eigenvalue weighted by atomic mass is 14.9. The van der Waals surface area contributed by atoms with Gasteiger partial charge in [-0.05, 0) is 36.4 Å². The molecule has 1 nitrogen and oxygen atoms in total. The van der Waals surface area contributed by atoms with Crippen molar-refractivity contribution in [3.8, 4) is 0 Å². The quantitative estimate of drug-likeness (QED) is 0.797. The largest absolute Gasteiger partial charge is 0.314 e. The Bertz CT molecular complexity index is 343. The van der Waals surface area contributed by atoms with Gasteiger partial charge in [-0.2, -0.15) is 0 Å². The van der Waals surface area contributed by atoms with E-state index in [1.54, 1.807) is 11.1 Å². The summed E-state index contributed by atoms with van der Waals surface area (Å²) in [5.74, 6) is 1.52. The van der Waals surface area contributed by atoms with E-state index in [1.165, 1.54) is 12.8 Å². The number of hydrogen-bond donors (Lipinski definition) is 1. The van der Waals surface area contributed by atoms with Crippen molar-refractivity contribution >= 4 is 0 Å². The Balaban J connectivity index is 2.06. The van der Waals surface area contributed by atoms with Gasteiger partial charge in [0.05, 0.1) is 0 Å². The molecule has 1 aliphatic rings. The van der Waals surface area contributed by atoms with Crippen molar-refractivity contribution in [3.05, 3.63) is 35.4 Å². The van der Waals surface area contributed by atoms with Gasteiger partial charge in [0.2, 0.25) is 0 Å². The van der Waals surface area contributed by atoms with Crippen molar-refractivity contribution in [3.63, 3.8) is 0 Å². The van der Waals surface area contributed by atoms with Crippen LogP contribution in [0, 0.1) is 5.92 Å². The molecule has 0 radical (unpaired) electrons. The molecule has 1 aromatic rings. The lowest BCUT2D eigenvalue weighted by Crippen LogP contribution is -2.40. The molecule has 16 heavy (non-hydrogen) atoms. The predicted octanol–water partition coefficient (Wildman–Crippen LogP) is 3.35. The van der Waals surface area contributed by atoms with Crippen molar-refractivity contribution < 1.29 is 0 Å². The second kappa shape index (κ2) is 5.01. The molecular weight excluding hydrogens is 194 g/mol. The Hall–Kier alpha value is -0.820. The molecule has 1 N–H and O–H groups in total. The van der Waals surface area contributed by atoms with E-state index in [2.05, 4.69) is 50.4 Å². The zero-order valence-electron chi connectivity index (χ0n) is 10.7. The number of benzene rings is 1. The van der Waals surface area contributed by atoms with Crippen molar-refractivity contribution in [2.45, 2.75) is 45.6 Å². The van der Waals surface area contributed by atoms with E-state index in [0.29, 0.717) is 6.04 Å². The number of fused-ring (bicyclic) bond motifs is 1. The molecule has 2 atom stereocenters. The first kappa shape index (κ1) is 11.7. The van der Waals surface area contributed by atoms with Crippen LogP contribution in [0.4, 0.5) is 0 Å². The summed E-state index contributed by atoms with van der Waals surface area (Å²) >= 11 is 0. The second-order valence-electron chi connectivity index (χ2n) is 5.30. The highest BCUT2D eigenvalue weighted by molar-refractivity contribution is 5.41. The summed E-state index contributed by atoms with van der Waals surface area (Å²) in [6.07, 6.45) is 2.55. The minimum Gasteiger partial charge on any atom is -0.314 e. The second-order valence-corrected chi connectivity index (χ2v) is 5.30. The lowest BCUT2D eigenvalue weighted by Gasteiger charge is -2.38.